The Labute approximate surface area is 182 Å². The summed E-state index contributed by atoms with van der Waals surface area (Å²) in [5.74, 6) is 1.95. The van der Waals surface area contributed by atoms with Gasteiger partial charge >= 0.3 is 0 Å². The van der Waals surface area contributed by atoms with E-state index in [9.17, 15) is 10.2 Å². The zero-order chi connectivity index (χ0) is 21.9. The third-order valence-corrected chi connectivity index (χ3v) is 8.22. The molecular formula is C26H42O4. The van der Waals surface area contributed by atoms with Crippen molar-refractivity contribution in [2.45, 2.75) is 90.4 Å². The molecule has 4 nitrogen and oxygen atoms in total. The first-order valence-electron chi connectivity index (χ1n) is 11.9. The molecule has 0 aromatic carbocycles. The summed E-state index contributed by atoms with van der Waals surface area (Å²) in [5.41, 5.74) is 3.65. The van der Waals surface area contributed by atoms with Crippen molar-refractivity contribution < 1.29 is 20.1 Å². The van der Waals surface area contributed by atoms with E-state index in [1.165, 1.54) is 25.7 Å². The lowest BCUT2D eigenvalue weighted by molar-refractivity contribution is 0.00861. The van der Waals surface area contributed by atoms with E-state index in [1.54, 1.807) is 5.57 Å². The minimum absolute atomic E-state index is 0.0760. The fraction of sp³-hybridized carbons (Fsp3) is 0.769. The molecule has 0 bridgehead atoms. The molecule has 0 spiro atoms. The van der Waals surface area contributed by atoms with Crippen LogP contribution in [-0.4, -0.2) is 46.8 Å². The van der Waals surface area contributed by atoms with Crippen LogP contribution in [0.2, 0.25) is 0 Å². The number of allylic oxidation sites excluding steroid dienone is 3. The number of ether oxygens (including phenoxy) is 1. The molecule has 7 atom stereocenters. The van der Waals surface area contributed by atoms with Crippen molar-refractivity contribution in [3.8, 4) is 0 Å². The maximum absolute atomic E-state index is 10.1. The third-order valence-electron chi connectivity index (χ3n) is 8.22. The van der Waals surface area contributed by atoms with Gasteiger partial charge in [0.1, 0.15) is 0 Å². The Morgan fingerprint density at radius 1 is 1.23 bits per heavy atom. The molecular weight excluding hydrogens is 376 g/mol. The van der Waals surface area contributed by atoms with E-state index in [0.717, 1.165) is 30.6 Å². The molecule has 2 unspecified atom stereocenters. The molecule has 3 fully saturated rings. The molecule has 3 aliphatic rings. The first-order chi connectivity index (χ1) is 14.3. The Kier molecular flexibility index (Phi) is 8.00. The summed E-state index contributed by atoms with van der Waals surface area (Å²) in [6.45, 7) is 11.7. The molecule has 0 heterocycles. The molecule has 0 aliphatic heterocycles. The lowest BCUT2D eigenvalue weighted by Gasteiger charge is -2.44. The zero-order valence-corrected chi connectivity index (χ0v) is 19.1. The lowest BCUT2D eigenvalue weighted by Crippen LogP contribution is -2.36. The van der Waals surface area contributed by atoms with Gasteiger partial charge < -0.3 is 20.1 Å². The largest absolute Gasteiger partial charge is 0.394 e. The highest BCUT2D eigenvalue weighted by Crippen LogP contribution is 2.59. The van der Waals surface area contributed by atoms with Gasteiger partial charge in [-0.2, -0.15) is 0 Å². The van der Waals surface area contributed by atoms with E-state index >= 15 is 0 Å². The first kappa shape index (κ1) is 23.7. The molecule has 170 valence electrons. The second-order valence-corrected chi connectivity index (χ2v) is 10.3. The normalized spacial score (nSPS) is 39.3. The summed E-state index contributed by atoms with van der Waals surface area (Å²) in [6, 6.07) is 0. The summed E-state index contributed by atoms with van der Waals surface area (Å²) in [7, 11) is 0. The molecule has 30 heavy (non-hydrogen) atoms. The van der Waals surface area contributed by atoms with Gasteiger partial charge in [0.2, 0.25) is 0 Å². The second-order valence-electron chi connectivity index (χ2n) is 10.3. The highest BCUT2D eigenvalue weighted by Gasteiger charge is 2.50. The molecule has 0 aromatic heterocycles. The van der Waals surface area contributed by atoms with Gasteiger partial charge in [0, 0.05) is 13.0 Å². The number of hydrogen-bond acceptors (Lipinski definition) is 4. The minimum Gasteiger partial charge on any atom is -0.394 e. The van der Waals surface area contributed by atoms with Crippen LogP contribution in [0.15, 0.2) is 35.5 Å². The van der Waals surface area contributed by atoms with Crippen LogP contribution in [0.3, 0.4) is 0 Å². The molecule has 3 N–H and O–H groups in total. The Bertz CT molecular complexity index is 666. The van der Waals surface area contributed by atoms with Gasteiger partial charge in [0.05, 0.1) is 24.9 Å². The van der Waals surface area contributed by atoms with Crippen molar-refractivity contribution in [3.63, 3.8) is 0 Å². The maximum Gasteiger partial charge on any atom is 0.0811 e. The average Bonchev–Trinajstić information content (AvgIpc) is 3.06. The Morgan fingerprint density at radius 3 is 2.73 bits per heavy atom. The summed E-state index contributed by atoms with van der Waals surface area (Å²) >= 11 is 0. The van der Waals surface area contributed by atoms with Gasteiger partial charge in [-0.25, -0.2) is 0 Å². The first-order valence-corrected chi connectivity index (χ1v) is 11.9. The van der Waals surface area contributed by atoms with Crippen molar-refractivity contribution in [2.24, 2.45) is 23.2 Å². The van der Waals surface area contributed by atoms with Crippen LogP contribution < -0.4 is 0 Å². The van der Waals surface area contributed by atoms with Gasteiger partial charge in [-0.05, 0) is 86.2 Å². The fourth-order valence-corrected chi connectivity index (χ4v) is 6.39. The van der Waals surface area contributed by atoms with Gasteiger partial charge in [-0.3, -0.25) is 0 Å². The van der Waals surface area contributed by atoms with E-state index < -0.39 is 12.2 Å². The number of rotatable bonds is 7. The van der Waals surface area contributed by atoms with E-state index in [1.807, 2.05) is 6.92 Å². The molecule has 3 rings (SSSR count). The van der Waals surface area contributed by atoms with E-state index in [0.29, 0.717) is 36.0 Å². The number of aliphatic hydroxyl groups is 3. The average molecular weight is 419 g/mol. The van der Waals surface area contributed by atoms with Crippen LogP contribution in [0.25, 0.3) is 0 Å². The van der Waals surface area contributed by atoms with Gasteiger partial charge in [-0.1, -0.05) is 38.2 Å². The van der Waals surface area contributed by atoms with Crippen molar-refractivity contribution >= 4 is 0 Å². The topological polar surface area (TPSA) is 69.9 Å². The standard InChI is InChI=1S/C26H42O4/c1-17(11-13-30-18(2)16-27)23-9-10-24-20(6-5-12-26(23,24)4)7-8-21-14-22(28)15-25(29)19(21)3/h7-8,17-18,22-25,27-29H,3,5-6,9-16H2,1-2,4H3/b20-7?,21-8-/t17-,18?,22-,23-,24?,25-,26-/m1/s1. The van der Waals surface area contributed by atoms with Crippen LogP contribution in [0.4, 0.5) is 0 Å². The molecule has 0 amide bonds. The van der Waals surface area contributed by atoms with Crippen LogP contribution >= 0.6 is 0 Å². The smallest absolute Gasteiger partial charge is 0.0811 e. The summed E-state index contributed by atoms with van der Waals surface area (Å²) in [6.07, 6.45) is 11.5. The third kappa shape index (κ3) is 5.09. The number of aliphatic hydroxyl groups excluding tert-OH is 3. The van der Waals surface area contributed by atoms with Crippen LogP contribution in [-0.2, 0) is 4.74 Å². The van der Waals surface area contributed by atoms with Gasteiger partial charge in [0.25, 0.3) is 0 Å². The summed E-state index contributed by atoms with van der Waals surface area (Å²) < 4.78 is 5.73. The molecule has 4 heteroatoms. The van der Waals surface area contributed by atoms with Gasteiger partial charge in [0.15, 0.2) is 0 Å². The quantitative estimate of drug-likeness (QED) is 0.567. The van der Waals surface area contributed by atoms with Crippen LogP contribution in [0, 0.1) is 23.2 Å². The highest BCUT2D eigenvalue weighted by molar-refractivity contribution is 5.38. The predicted molar refractivity (Wildman–Crippen MR) is 121 cm³/mol. The Hall–Kier alpha value is -0.940. The molecule has 0 radical (unpaired) electrons. The molecule has 0 saturated heterocycles. The lowest BCUT2D eigenvalue weighted by atomic mass is 9.61. The summed E-state index contributed by atoms with van der Waals surface area (Å²) in [5, 5.41) is 29.3. The van der Waals surface area contributed by atoms with Crippen molar-refractivity contribution in [2.75, 3.05) is 13.2 Å². The second kappa shape index (κ2) is 10.1. The molecule has 3 saturated carbocycles. The fourth-order valence-electron chi connectivity index (χ4n) is 6.39. The summed E-state index contributed by atoms with van der Waals surface area (Å²) in [4.78, 5) is 0. The molecule has 3 aliphatic carbocycles. The monoisotopic (exact) mass is 418 g/mol. The Balaban J connectivity index is 1.69. The number of fused-ring (bicyclic) bond motifs is 1. The van der Waals surface area contributed by atoms with Crippen LogP contribution in [0.1, 0.15) is 72.1 Å². The van der Waals surface area contributed by atoms with Gasteiger partial charge in [-0.15, -0.1) is 0 Å². The van der Waals surface area contributed by atoms with E-state index in [2.05, 4.69) is 32.6 Å². The maximum atomic E-state index is 10.1. The predicted octanol–water partition coefficient (Wildman–Crippen LogP) is 4.55. The van der Waals surface area contributed by atoms with Crippen LogP contribution in [0.5, 0.6) is 0 Å². The molecule has 0 aromatic rings. The SMILES string of the molecule is C=C1/C(=C\C=C2CCC[C@@]3(C)C2CC[C@@H]3[C@H](C)CCOC(C)CO)C[C@@H](O)C[C@H]1O. The van der Waals surface area contributed by atoms with Crippen molar-refractivity contribution in [1.29, 1.82) is 0 Å². The van der Waals surface area contributed by atoms with E-state index in [-0.39, 0.29) is 12.7 Å². The highest BCUT2D eigenvalue weighted by atomic mass is 16.5. The van der Waals surface area contributed by atoms with Crippen molar-refractivity contribution in [3.05, 3.63) is 35.5 Å². The van der Waals surface area contributed by atoms with Crippen molar-refractivity contribution in [1.82, 2.24) is 0 Å². The minimum atomic E-state index is -0.623. The number of hydrogen-bond donors (Lipinski definition) is 3. The Morgan fingerprint density at radius 2 is 2.00 bits per heavy atom. The van der Waals surface area contributed by atoms with E-state index in [4.69, 9.17) is 9.84 Å². The zero-order valence-electron chi connectivity index (χ0n) is 19.1.